The molecule has 2 rings (SSSR count). The lowest BCUT2D eigenvalue weighted by Gasteiger charge is -2.26. The van der Waals surface area contributed by atoms with Gasteiger partial charge in [0.1, 0.15) is 5.75 Å². The molecule has 5 nitrogen and oxygen atoms in total. The van der Waals surface area contributed by atoms with E-state index in [0.717, 1.165) is 0 Å². The fourth-order valence-corrected chi connectivity index (χ4v) is 2.56. The highest BCUT2D eigenvalue weighted by atomic mass is 32.1. The summed E-state index contributed by atoms with van der Waals surface area (Å²) in [7, 11) is 0. The Bertz CT molecular complexity index is 669. The molecule has 0 unspecified atom stereocenters. The van der Waals surface area contributed by atoms with Crippen molar-refractivity contribution in [3.05, 3.63) is 51.7 Å². The number of carboxylic acid groups (broad SMARTS) is 1. The summed E-state index contributed by atoms with van der Waals surface area (Å²) in [4.78, 5) is 11.5. The van der Waals surface area contributed by atoms with Crippen LogP contribution in [0.25, 0.3) is 0 Å². The number of allylic oxidation sites excluding steroid dienone is 2. The number of nitrogens with one attached hydrogen (secondary N) is 1. The molecule has 1 heterocycles. The summed E-state index contributed by atoms with van der Waals surface area (Å²) in [5, 5.41) is 31.1. The summed E-state index contributed by atoms with van der Waals surface area (Å²) in [5.74, 6) is -1.72. The number of dihydropyridines is 1. The van der Waals surface area contributed by atoms with Crippen LogP contribution < -0.4 is 5.32 Å². The molecule has 1 aromatic rings. The van der Waals surface area contributed by atoms with E-state index in [1.165, 1.54) is 12.1 Å². The third-order valence-electron chi connectivity index (χ3n) is 3.12. The average Bonchev–Trinajstić information content (AvgIpc) is 2.38. The summed E-state index contributed by atoms with van der Waals surface area (Å²) in [6.45, 7) is 1.63. The molecule has 0 bridgehead atoms. The Hall–Kier alpha value is -2.39. The third kappa shape index (κ3) is 2.36. The number of aliphatic carboxylic acids is 1. The van der Waals surface area contributed by atoms with Gasteiger partial charge in [0.05, 0.1) is 28.2 Å². The van der Waals surface area contributed by atoms with Crippen molar-refractivity contribution >= 4 is 18.6 Å². The van der Waals surface area contributed by atoms with E-state index in [2.05, 4.69) is 17.9 Å². The minimum atomic E-state index is -1.10. The number of hydrogen-bond acceptors (Lipinski definition) is 5. The van der Waals surface area contributed by atoms with Crippen LogP contribution >= 0.6 is 12.6 Å². The van der Waals surface area contributed by atoms with Gasteiger partial charge in [0.25, 0.3) is 0 Å². The van der Waals surface area contributed by atoms with Crippen molar-refractivity contribution in [3.63, 3.8) is 0 Å². The van der Waals surface area contributed by atoms with Gasteiger partial charge >= 0.3 is 5.97 Å². The van der Waals surface area contributed by atoms with Crippen LogP contribution in [0.1, 0.15) is 18.4 Å². The van der Waals surface area contributed by atoms with E-state index < -0.39 is 11.9 Å². The Balaban J connectivity index is 2.64. The molecular formula is C14H12N2O3S. The van der Waals surface area contributed by atoms with Crippen LogP contribution in [0.15, 0.2) is 46.1 Å². The number of carboxylic acids is 1. The lowest BCUT2D eigenvalue weighted by atomic mass is 9.82. The minimum Gasteiger partial charge on any atom is -0.508 e. The zero-order valence-corrected chi connectivity index (χ0v) is 11.5. The van der Waals surface area contributed by atoms with E-state index in [-0.39, 0.29) is 16.9 Å². The highest BCUT2D eigenvalue weighted by Crippen LogP contribution is 2.38. The SMILES string of the molecule is CC1=C(C(=O)O)[C@H](c2ccc(O)cc2)C(C#N)=C(S)N1. The van der Waals surface area contributed by atoms with Crippen molar-refractivity contribution in [1.29, 1.82) is 5.26 Å². The van der Waals surface area contributed by atoms with Gasteiger partial charge in [-0.1, -0.05) is 12.1 Å². The molecule has 0 saturated heterocycles. The monoisotopic (exact) mass is 288 g/mol. The number of nitrogens with zero attached hydrogens (tertiary/aromatic N) is 1. The van der Waals surface area contributed by atoms with Gasteiger partial charge in [-0.25, -0.2) is 4.79 Å². The zero-order chi connectivity index (χ0) is 14.9. The Morgan fingerprint density at radius 2 is 2.00 bits per heavy atom. The molecule has 1 aliphatic rings. The topological polar surface area (TPSA) is 93.3 Å². The maximum atomic E-state index is 11.5. The number of nitriles is 1. The van der Waals surface area contributed by atoms with Gasteiger partial charge in [0.2, 0.25) is 0 Å². The van der Waals surface area contributed by atoms with Crippen molar-refractivity contribution in [2.45, 2.75) is 12.8 Å². The molecule has 102 valence electrons. The summed E-state index contributed by atoms with van der Waals surface area (Å²) < 4.78 is 0. The molecular weight excluding hydrogens is 276 g/mol. The normalized spacial score (nSPS) is 18.6. The zero-order valence-electron chi connectivity index (χ0n) is 10.6. The molecule has 0 aliphatic carbocycles. The van der Waals surface area contributed by atoms with E-state index in [0.29, 0.717) is 16.3 Å². The third-order valence-corrected chi connectivity index (χ3v) is 3.47. The van der Waals surface area contributed by atoms with Crippen LogP contribution in [0.5, 0.6) is 5.75 Å². The Labute approximate surface area is 121 Å². The fraction of sp³-hybridized carbons (Fsp3) is 0.143. The molecule has 6 heteroatoms. The molecule has 1 atom stereocenters. The molecule has 0 spiro atoms. The molecule has 0 radical (unpaired) electrons. The minimum absolute atomic E-state index is 0.0776. The summed E-state index contributed by atoms with van der Waals surface area (Å²) in [6.07, 6.45) is 0. The van der Waals surface area contributed by atoms with E-state index in [4.69, 9.17) is 0 Å². The molecule has 0 amide bonds. The van der Waals surface area contributed by atoms with Crippen LogP contribution in [0.4, 0.5) is 0 Å². The maximum absolute atomic E-state index is 11.5. The lowest BCUT2D eigenvalue weighted by Crippen LogP contribution is -2.26. The largest absolute Gasteiger partial charge is 0.508 e. The number of phenols is 1. The molecule has 1 aromatic carbocycles. The second kappa shape index (κ2) is 5.31. The number of rotatable bonds is 2. The number of thiol groups is 1. The predicted octanol–water partition coefficient (Wildman–Crippen LogP) is 2.10. The first-order valence-corrected chi connectivity index (χ1v) is 6.23. The molecule has 20 heavy (non-hydrogen) atoms. The van der Waals surface area contributed by atoms with Crippen molar-refractivity contribution in [1.82, 2.24) is 5.32 Å². The average molecular weight is 288 g/mol. The van der Waals surface area contributed by atoms with Crippen LogP contribution in [-0.2, 0) is 4.79 Å². The van der Waals surface area contributed by atoms with Crippen LogP contribution in [-0.4, -0.2) is 16.2 Å². The van der Waals surface area contributed by atoms with Gasteiger partial charge in [0.15, 0.2) is 0 Å². The number of aromatic hydroxyl groups is 1. The first-order chi connectivity index (χ1) is 9.45. The van der Waals surface area contributed by atoms with Crippen molar-refractivity contribution < 1.29 is 15.0 Å². The van der Waals surface area contributed by atoms with Gasteiger partial charge < -0.3 is 15.5 Å². The Morgan fingerprint density at radius 3 is 2.50 bits per heavy atom. The van der Waals surface area contributed by atoms with E-state index in [1.807, 2.05) is 6.07 Å². The lowest BCUT2D eigenvalue weighted by molar-refractivity contribution is -0.133. The fourth-order valence-electron chi connectivity index (χ4n) is 2.21. The Kier molecular flexibility index (Phi) is 3.72. The van der Waals surface area contributed by atoms with E-state index in [1.54, 1.807) is 19.1 Å². The van der Waals surface area contributed by atoms with Gasteiger partial charge in [0, 0.05) is 5.70 Å². The van der Waals surface area contributed by atoms with Crippen molar-refractivity contribution in [3.8, 4) is 11.8 Å². The molecule has 3 N–H and O–H groups in total. The molecule has 0 fully saturated rings. The van der Waals surface area contributed by atoms with Crippen LogP contribution in [0.3, 0.4) is 0 Å². The van der Waals surface area contributed by atoms with Gasteiger partial charge in [-0.05, 0) is 24.6 Å². The summed E-state index contributed by atoms with van der Waals surface area (Å²) in [6, 6.07) is 8.11. The molecule has 1 aliphatic heterocycles. The first kappa shape index (κ1) is 14.0. The van der Waals surface area contributed by atoms with E-state index in [9.17, 15) is 20.3 Å². The van der Waals surface area contributed by atoms with Crippen LogP contribution in [0, 0.1) is 11.3 Å². The number of hydrogen-bond donors (Lipinski definition) is 4. The van der Waals surface area contributed by atoms with Crippen molar-refractivity contribution in [2.24, 2.45) is 0 Å². The molecule has 0 aromatic heterocycles. The Morgan fingerprint density at radius 1 is 1.40 bits per heavy atom. The van der Waals surface area contributed by atoms with E-state index >= 15 is 0 Å². The summed E-state index contributed by atoms with van der Waals surface area (Å²) in [5.41, 5.74) is 1.40. The van der Waals surface area contributed by atoms with Crippen molar-refractivity contribution in [2.75, 3.05) is 0 Å². The number of benzene rings is 1. The highest BCUT2D eigenvalue weighted by molar-refractivity contribution is 7.84. The predicted molar refractivity (Wildman–Crippen MR) is 75.9 cm³/mol. The maximum Gasteiger partial charge on any atom is 0.334 e. The van der Waals surface area contributed by atoms with Gasteiger partial charge in [-0.3, -0.25) is 0 Å². The molecule has 0 saturated carbocycles. The number of phenolic OH excluding ortho intramolecular Hbond substituents is 1. The number of carbonyl (C=O) groups is 1. The second-order valence-corrected chi connectivity index (χ2v) is 4.81. The first-order valence-electron chi connectivity index (χ1n) is 5.79. The quantitative estimate of drug-likeness (QED) is 0.625. The van der Waals surface area contributed by atoms with Gasteiger partial charge in [-0.15, -0.1) is 12.6 Å². The smallest absolute Gasteiger partial charge is 0.334 e. The standard InChI is InChI=1S/C14H12N2O3S/c1-7-11(14(18)19)12(10(6-15)13(20)16-7)8-2-4-9(17)5-3-8/h2-5,12,16-17,20H,1H3,(H,18,19)/t12-/m1/s1. The highest BCUT2D eigenvalue weighted by Gasteiger charge is 2.33. The van der Waals surface area contributed by atoms with Gasteiger partial charge in [-0.2, -0.15) is 5.26 Å². The second-order valence-electron chi connectivity index (χ2n) is 4.37. The van der Waals surface area contributed by atoms with Crippen LogP contribution in [0.2, 0.25) is 0 Å². The summed E-state index contributed by atoms with van der Waals surface area (Å²) >= 11 is 4.20.